The van der Waals surface area contributed by atoms with Crippen LogP contribution in [0.15, 0.2) is 41.8 Å². The quantitative estimate of drug-likeness (QED) is 0.535. The highest BCUT2D eigenvalue weighted by molar-refractivity contribution is 7.99. The van der Waals surface area contributed by atoms with Crippen molar-refractivity contribution < 1.29 is 14.2 Å². The van der Waals surface area contributed by atoms with Gasteiger partial charge in [0.15, 0.2) is 17.0 Å². The van der Waals surface area contributed by atoms with Gasteiger partial charge in [-0.15, -0.1) is 11.8 Å². The molecular weight excluding hydrogens is 429 g/mol. The van der Waals surface area contributed by atoms with Gasteiger partial charge >= 0.3 is 0 Å². The predicted octanol–water partition coefficient (Wildman–Crippen LogP) is 4.25. The van der Waals surface area contributed by atoms with Crippen molar-refractivity contribution in [2.45, 2.75) is 62.5 Å². The van der Waals surface area contributed by atoms with Crippen LogP contribution >= 0.6 is 11.8 Å². The Hall–Kier alpha value is -2.23. The molecule has 0 amide bonds. The first-order valence-electron chi connectivity index (χ1n) is 11.2. The van der Waals surface area contributed by atoms with Crippen molar-refractivity contribution in [2.75, 3.05) is 11.1 Å². The van der Waals surface area contributed by atoms with E-state index in [-0.39, 0.29) is 36.2 Å². The molecule has 1 saturated heterocycles. The Bertz CT molecular complexity index is 1100. The molecule has 0 spiro atoms. The molecule has 5 rings (SSSR count). The van der Waals surface area contributed by atoms with Gasteiger partial charge in [-0.3, -0.25) is 4.57 Å². The van der Waals surface area contributed by atoms with E-state index >= 15 is 0 Å². The number of halogens is 1. The normalized spacial score (nSPS) is 30.2. The zero-order chi connectivity index (χ0) is 22.2. The average molecular weight is 458 g/mol. The van der Waals surface area contributed by atoms with Crippen molar-refractivity contribution >= 4 is 28.7 Å². The molecule has 1 aliphatic heterocycles. The molecule has 0 radical (unpaired) electrons. The van der Waals surface area contributed by atoms with E-state index in [1.54, 1.807) is 18.5 Å². The van der Waals surface area contributed by atoms with Crippen LogP contribution in [-0.2, 0) is 4.74 Å². The van der Waals surface area contributed by atoms with E-state index in [2.05, 4.69) is 34.1 Å². The van der Waals surface area contributed by atoms with Gasteiger partial charge in [0.1, 0.15) is 18.4 Å². The Labute approximate surface area is 190 Å². The zero-order valence-corrected chi connectivity index (χ0v) is 19.0. The number of thioether (sulfide) groups is 1. The molecule has 9 heteroatoms. The lowest BCUT2D eigenvalue weighted by Crippen LogP contribution is -2.28. The van der Waals surface area contributed by atoms with Crippen molar-refractivity contribution in [1.29, 1.82) is 0 Å². The number of aromatic nitrogens is 4. The first-order valence-corrected chi connectivity index (χ1v) is 12.2. The Morgan fingerprint density at radius 1 is 1.19 bits per heavy atom. The van der Waals surface area contributed by atoms with Crippen LogP contribution in [0, 0.1) is 17.7 Å². The molecule has 1 unspecified atom stereocenters. The lowest BCUT2D eigenvalue weighted by atomic mass is 9.93. The fourth-order valence-corrected chi connectivity index (χ4v) is 5.80. The third-order valence-corrected chi connectivity index (χ3v) is 7.99. The monoisotopic (exact) mass is 457 g/mol. The number of anilines is 1. The number of hydrogen-bond donors (Lipinski definition) is 2. The molecule has 2 N–H and O–H groups in total. The summed E-state index contributed by atoms with van der Waals surface area (Å²) < 4.78 is 22.4. The number of hydrogen-bond acceptors (Lipinski definition) is 7. The average Bonchev–Trinajstić information content (AvgIpc) is 3.47. The molecule has 6 atom stereocenters. The Kier molecular flexibility index (Phi) is 6.05. The summed E-state index contributed by atoms with van der Waals surface area (Å²) in [6.45, 7) is 4.35. The van der Waals surface area contributed by atoms with Gasteiger partial charge < -0.3 is 15.2 Å². The van der Waals surface area contributed by atoms with Gasteiger partial charge in [0.05, 0.1) is 24.6 Å². The summed E-state index contributed by atoms with van der Waals surface area (Å²) in [5.41, 5.74) is 1.39. The Morgan fingerprint density at radius 2 is 2.03 bits per heavy atom. The molecule has 3 heterocycles. The molecule has 2 fully saturated rings. The number of imidazole rings is 1. The Balaban J connectivity index is 1.34. The molecule has 170 valence electrons. The summed E-state index contributed by atoms with van der Waals surface area (Å²) in [4.78, 5) is 14.1. The van der Waals surface area contributed by atoms with Gasteiger partial charge in [0.2, 0.25) is 0 Å². The number of nitrogens with zero attached hydrogens (tertiary/aromatic N) is 4. The maximum absolute atomic E-state index is 14.0. The second-order valence-electron chi connectivity index (χ2n) is 8.82. The summed E-state index contributed by atoms with van der Waals surface area (Å²) in [6.07, 6.45) is 5.42. The molecule has 32 heavy (non-hydrogen) atoms. The van der Waals surface area contributed by atoms with Crippen molar-refractivity contribution in [3.63, 3.8) is 0 Å². The van der Waals surface area contributed by atoms with E-state index in [1.165, 1.54) is 24.2 Å². The van der Waals surface area contributed by atoms with Crippen molar-refractivity contribution in [3.8, 4) is 0 Å². The van der Waals surface area contributed by atoms with E-state index < -0.39 is 0 Å². The highest BCUT2D eigenvalue weighted by atomic mass is 32.2. The van der Waals surface area contributed by atoms with E-state index in [9.17, 15) is 9.50 Å². The van der Waals surface area contributed by atoms with Crippen LogP contribution in [-0.4, -0.2) is 48.6 Å². The van der Waals surface area contributed by atoms with Crippen molar-refractivity contribution in [2.24, 2.45) is 11.8 Å². The Morgan fingerprint density at radius 3 is 2.81 bits per heavy atom. The van der Waals surface area contributed by atoms with Gasteiger partial charge in [-0.25, -0.2) is 19.3 Å². The van der Waals surface area contributed by atoms with Crippen LogP contribution in [0.2, 0.25) is 0 Å². The topological polar surface area (TPSA) is 85.1 Å². The van der Waals surface area contributed by atoms with E-state index in [0.717, 1.165) is 19.3 Å². The maximum Gasteiger partial charge on any atom is 0.167 e. The first-order chi connectivity index (χ1) is 15.5. The van der Waals surface area contributed by atoms with Gasteiger partial charge in [-0.2, -0.15) is 0 Å². The van der Waals surface area contributed by atoms with Crippen LogP contribution < -0.4 is 5.32 Å². The maximum atomic E-state index is 14.0. The summed E-state index contributed by atoms with van der Waals surface area (Å²) >= 11 is 1.49. The lowest BCUT2D eigenvalue weighted by molar-refractivity contribution is -0.000320. The van der Waals surface area contributed by atoms with Gasteiger partial charge in [0.25, 0.3) is 0 Å². The minimum atomic E-state index is -0.367. The smallest absolute Gasteiger partial charge is 0.167 e. The summed E-state index contributed by atoms with van der Waals surface area (Å²) in [7, 11) is 0. The van der Waals surface area contributed by atoms with Crippen LogP contribution in [0.3, 0.4) is 0 Å². The second-order valence-corrected chi connectivity index (χ2v) is 9.88. The fraction of sp³-hybridized carbons (Fsp3) is 0.522. The SMILES string of the molecule is C[C@@H]1[C@H](C)[C@@H](CSc2ccccc2F)O[C@H]1n1cnc2c(NC3CCC[C@H]3O)ncnc21. The molecule has 1 aromatic carbocycles. The van der Waals surface area contributed by atoms with Gasteiger partial charge in [-0.05, 0) is 37.3 Å². The van der Waals surface area contributed by atoms with E-state index in [4.69, 9.17) is 4.74 Å². The molecule has 0 bridgehead atoms. The largest absolute Gasteiger partial charge is 0.391 e. The van der Waals surface area contributed by atoms with Crippen LogP contribution in [0.25, 0.3) is 11.2 Å². The molecular formula is C23H28FN5O2S. The predicted molar refractivity (Wildman–Crippen MR) is 122 cm³/mol. The van der Waals surface area contributed by atoms with E-state index in [1.807, 2.05) is 10.6 Å². The number of aliphatic hydroxyl groups is 1. The third-order valence-electron chi connectivity index (χ3n) is 6.85. The van der Waals surface area contributed by atoms with Crippen molar-refractivity contribution in [1.82, 2.24) is 19.5 Å². The number of fused-ring (bicyclic) bond motifs is 1. The highest BCUT2D eigenvalue weighted by Crippen LogP contribution is 2.42. The molecule has 2 aliphatic rings. The molecule has 1 saturated carbocycles. The van der Waals surface area contributed by atoms with Crippen LogP contribution in [0.5, 0.6) is 0 Å². The third kappa shape index (κ3) is 3.97. The number of rotatable bonds is 6. The number of aliphatic hydroxyl groups excluding tert-OH is 1. The van der Waals surface area contributed by atoms with Crippen LogP contribution in [0.4, 0.5) is 10.2 Å². The molecule has 2 aromatic heterocycles. The molecule has 1 aliphatic carbocycles. The van der Waals surface area contributed by atoms with E-state index in [0.29, 0.717) is 33.5 Å². The summed E-state index contributed by atoms with van der Waals surface area (Å²) in [5, 5.41) is 13.5. The van der Waals surface area contributed by atoms with Gasteiger partial charge in [0, 0.05) is 16.6 Å². The van der Waals surface area contributed by atoms with Crippen LogP contribution in [0.1, 0.15) is 39.3 Å². The summed E-state index contributed by atoms with van der Waals surface area (Å²) in [6, 6.07) is 6.83. The highest BCUT2D eigenvalue weighted by Gasteiger charge is 2.41. The zero-order valence-electron chi connectivity index (χ0n) is 18.2. The summed E-state index contributed by atoms with van der Waals surface area (Å²) in [5.74, 6) is 1.66. The minimum Gasteiger partial charge on any atom is -0.391 e. The molecule has 7 nitrogen and oxygen atoms in total. The minimum absolute atomic E-state index is 0.00914. The molecule has 3 aromatic rings. The fourth-order valence-electron chi connectivity index (χ4n) is 4.70. The van der Waals surface area contributed by atoms with Crippen molar-refractivity contribution in [3.05, 3.63) is 42.7 Å². The first kappa shape index (κ1) is 21.6. The standard InChI is InChI=1S/C23H28FN5O2S/c1-13-14(2)23(31-18(13)10-32-19-9-4-3-6-15(19)24)29-12-27-20-21(25-11-26-22(20)29)28-16-7-5-8-17(16)30/h3-4,6,9,11-14,16-18,23,30H,5,7-8,10H2,1-2H3,(H,25,26,28)/t13-,14+,16?,17+,18+,23+/m0/s1. The van der Waals surface area contributed by atoms with Gasteiger partial charge in [-0.1, -0.05) is 26.0 Å². The number of ether oxygens (including phenoxy) is 1. The number of nitrogens with one attached hydrogen (secondary N) is 1. The lowest BCUT2D eigenvalue weighted by Gasteiger charge is -2.19. The number of benzene rings is 1. The second kappa shape index (κ2) is 8.96.